The Kier molecular flexibility index (Phi) is 6.70. The third-order valence-corrected chi connectivity index (χ3v) is 7.40. The highest BCUT2D eigenvalue weighted by Crippen LogP contribution is 2.41. The molecule has 0 N–H and O–H groups in total. The third kappa shape index (κ3) is 4.80. The first-order chi connectivity index (χ1) is 20.7. The van der Waals surface area contributed by atoms with Crippen molar-refractivity contribution in [2.45, 2.75) is 0 Å². The Morgan fingerprint density at radius 2 is 1.12 bits per heavy atom. The molecule has 0 aliphatic rings. The molecule has 2 heterocycles. The maximum Gasteiger partial charge on any atom is 0.149 e. The second-order valence-corrected chi connectivity index (χ2v) is 10.3. The van der Waals surface area contributed by atoms with E-state index < -0.39 is 0 Å². The summed E-state index contributed by atoms with van der Waals surface area (Å²) in [5.74, 6) is 0.403. The Labute approximate surface area is 247 Å². The van der Waals surface area contributed by atoms with Gasteiger partial charge in [0.15, 0.2) is 0 Å². The number of hydrogen-bond acceptors (Lipinski definition) is 2. The third-order valence-electron chi connectivity index (χ3n) is 7.15. The van der Waals surface area contributed by atoms with Crippen molar-refractivity contribution < 1.29 is 4.39 Å². The van der Waals surface area contributed by atoms with E-state index in [-0.39, 0.29) is 5.82 Å². The molecule has 202 valence electrons. The highest BCUT2D eigenvalue weighted by Gasteiger charge is 2.26. The molecule has 0 unspecified atom stereocenters. The highest BCUT2D eigenvalue weighted by molar-refractivity contribution is 6.30. The van der Waals surface area contributed by atoms with Crippen LogP contribution in [0, 0.1) is 5.82 Å². The molecular weight excluding hydrogens is 543 g/mol. The molecule has 6 heteroatoms. The number of imidazole rings is 1. The van der Waals surface area contributed by atoms with Crippen LogP contribution in [0.3, 0.4) is 0 Å². The number of rotatable bonds is 6. The lowest BCUT2D eigenvalue weighted by Gasteiger charge is -2.14. The van der Waals surface area contributed by atoms with E-state index in [1.165, 1.54) is 12.1 Å². The van der Waals surface area contributed by atoms with Gasteiger partial charge in [0.05, 0.1) is 22.6 Å². The van der Waals surface area contributed by atoms with Gasteiger partial charge in [0.2, 0.25) is 0 Å². The normalized spacial score (nSPS) is 11.1. The molecule has 0 saturated carbocycles. The summed E-state index contributed by atoms with van der Waals surface area (Å²) in [6.45, 7) is 0. The summed E-state index contributed by atoms with van der Waals surface area (Å²) in [4.78, 5) is 5.34. The van der Waals surface area contributed by atoms with Crippen LogP contribution in [0.15, 0.2) is 146 Å². The smallest absolute Gasteiger partial charge is 0.149 e. The average molecular weight is 567 g/mol. The van der Waals surface area contributed by atoms with Crippen LogP contribution >= 0.6 is 11.6 Å². The first-order valence-electron chi connectivity index (χ1n) is 13.6. The van der Waals surface area contributed by atoms with Gasteiger partial charge < -0.3 is 0 Å². The summed E-state index contributed by atoms with van der Waals surface area (Å²) in [7, 11) is 0. The van der Waals surface area contributed by atoms with E-state index in [1.54, 1.807) is 12.1 Å². The van der Waals surface area contributed by atoms with E-state index in [9.17, 15) is 4.39 Å². The Bertz CT molecular complexity index is 1960. The lowest BCUT2D eigenvalue weighted by Crippen LogP contribution is -2.00. The lowest BCUT2D eigenvalue weighted by molar-refractivity contribution is 0.628. The molecule has 0 radical (unpaired) electrons. The Hall–Kier alpha value is -5.26. The van der Waals surface area contributed by atoms with Crippen molar-refractivity contribution in [2.24, 2.45) is 0 Å². The second-order valence-electron chi connectivity index (χ2n) is 9.85. The van der Waals surface area contributed by atoms with Gasteiger partial charge in [-0.15, -0.1) is 0 Å². The van der Waals surface area contributed by atoms with Gasteiger partial charge in [0.25, 0.3) is 0 Å². The SMILES string of the molecule is Fc1ccc(-c2nn(-c3ccccc3)cc2-c2nc(-c3ccccc3)c(-c3ccccc3)n2-c2ccc(Cl)cc2)cc1. The first-order valence-corrected chi connectivity index (χ1v) is 13.9. The van der Waals surface area contributed by atoms with Crippen molar-refractivity contribution in [2.75, 3.05) is 0 Å². The van der Waals surface area contributed by atoms with Crippen molar-refractivity contribution >= 4 is 11.6 Å². The van der Waals surface area contributed by atoms with Crippen LogP contribution in [0.5, 0.6) is 0 Å². The monoisotopic (exact) mass is 566 g/mol. The predicted octanol–water partition coefficient (Wildman–Crippen LogP) is 9.52. The molecule has 4 nitrogen and oxygen atoms in total. The average Bonchev–Trinajstić information content (AvgIpc) is 3.66. The molecule has 42 heavy (non-hydrogen) atoms. The number of nitrogens with zero attached hydrogens (tertiary/aromatic N) is 4. The van der Waals surface area contributed by atoms with E-state index >= 15 is 0 Å². The largest absolute Gasteiger partial charge is 0.292 e. The molecule has 0 spiro atoms. The van der Waals surface area contributed by atoms with Crippen LogP contribution in [0.2, 0.25) is 5.02 Å². The van der Waals surface area contributed by atoms with Crippen LogP contribution in [-0.2, 0) is 0 Å². The molecule has 0 saturated heterocycles. The second kappa shape index (κ2) is 11.0. The molecule has 2 aromatic heterocycles. The lowest BCUT2D eigenvalue weighted by atomic mass is 10.0. The van der Waals surface area contributed by atoms with Crippen molar-refractivity contribution in [3.8, 4) is 56.5 Å². The standard InChI is InChI=1S/C36H24ClFN4/c37-28-18-22-31(23-19-28)42-35(27-12-6-2-7-13-27)34(25-10-4-1-5-11-25)39-36(42)32-24-41(30-14-8-3-9-15-30)40-33(32)26-16-20-29(38)21-17-26/h1-24H. The van der Waals surface area contributed by atoms with E-state index in [4.69, 9.17) is 21.7 Å². The van der Waals surface area contributed by atoms with Gasteiger partial charge >= 0.3 is 0 Å². The van der Waals surface area contributed by atoms with Crippen molar-refractivity contribution in [1.29, 1.82) is 0 Å². The van der Waals surface area contributed by atoms with Crippen molar-refractivity contribution in [1.82, 2.24) is 19.3 Å². The van der Waals surface area contributed by atoms with Crippen molar-refractivity contribution in [3.63, 3.8) is 0 Å². The van der Waals surface area contributed by atoms with E-state index in [0.29, 0.717) is 16.5 Å². The minimum atomic E-state index is -0.303. The van der Waals surface area contributed by atoms with E-state index in [2.05, 4.69) is 28.8 Å². The van der Waals surface area contributed by atoms with Gasteiger partial charge in [0.1, 0.15) is 17.3 Å². The summed E-state index contributed by atoms with van der Waals surface area (Å²) in [6.07, 6.45) is 1.99. The Morgan fingerprint density at radius 1 is 0.548 bits per heavy atom. The molecule has 0 aliphatic carbocycles. The van der Waals surface area contributed by atoms with Crippen LogP contribution in [0.25, 0.3) is 56.5 Å². The molecule has 5 aromatic carbocycles. The predicted molar refractivity (Wildman–Crippen MR) is 167 cm³/mol. The maximum absolute atomic E-state index is 14.0. The van der Waals surface area contributed by atoms with Crippen LogP contribution < -0.4 is 0 Å². The van der Waals surface area contributed by atoms with Crippen molar-refractivity contribution in [3.05, 3.63) is 157 Å². The minimum absolute atomic E-state index is 0.303. The molecule has 0 aliphatic heterocycles. The summed E-state index contributed by atoms with van der Waals surface area (Å²) in [5.41, 5.74) is 7.88. The summed E-state index contributed by atoms with van der Waals surface area (Å²) >= 11 is 6.33. The Balaban J connectivity index is 1.58. The zero-order valence-corrected chi connectivity index (χ0v) is 23.2. The molecule has 0 fully saturated rings. The first kappa shape index (κ1) is 25.7. The number of aromatic nitrogens is 4. The van der Waals surface area contributed by atoms with Gasteiger partial charge in [-0.3, -0.25) is 4.57 Å². The summed E-state index contributed by atoms with van der Waals surface area (Å²) < 4.78 is 18.0. The topological polar surface area (TPSA) is 35.6 Å². The highest BCUT2D eigenvalue weighted by atomic mass is 35.5. The van der Waals surface area contributed by atoms with Gasteiger partial charge in [0, 0.05) is 33.6 Å². The molecule has 0 amide bonds. The number of hydrogen-bond donors (Lipinski definition) is 0. The molecule has 7 aromatic rings. The van der Waals surface area contributed by atoms with Crippen LogP contribution in [-0.4, -0.2) is 19.3 Å². The quantitative estimate of drug-likeness (QED) is 0.201. The Morgan fingerprint density at radius 3 is 1.76 bits per heavy atom. The summed E-state index contributed by atoms with van der Waals surface area (Å²) in [5, 5.41) is 5.66. The van der Waals surface area contributed by atoms with Gasteiger partial charge in [-0.2, -0.15) is 5.10 Å². The molecule has 0 atom stereocenters. The number of para-hydroxylation sites is 1. The molecular formula is C36H24ClFN4. The minimum Gasteiger partial charge on any atom is -0.292 e. The zero-order valence-electron chi connectivity index (χ0n) is 22.4. The zero-order chi connectivity index (χ0) is 28.5. The number of benzene rings is 5. The van der Waals surface area contributed by atoms with E-state index in [0.717, 1.165) is 45.0 Å². The fourth-order valence-corrected chi connectivity index (χ4v) is 5.30. The molecule has 7 rings (SSSR count). The number of halogens is 2. The maximum atomic E-state index is 14.0. The van der Waals surface area contributed by atoms with E-state index in [1.807, 2.05) is 102 Å². The summed E-state index contributed by atoms with van der Waals surface area (Å²) in [6, 6.07) is 44.5. The van der Waals surface area contributed by atoms with Crippen LogP contribution in [0.4, 0.5) is 4.39 Å². The fourth-order valence-electron chi connectivity index (χ4n) is 5.17. The fraction of sp³-hybridized carbons (Fsp3) is 0. The van der Waals surface area contributed by atoms with Gasteiger partial charge in [-0.1, -0.05) is 90.5 Å². The van der Waals surface area contributed by atoms with Crippen LogP contribution in [0.1, 0.15) is 0 Å². The van der Waals surface area contributed by atoms with Gasteiger partial charge in [-0.25, -0.2) is 14.1 Å². The van der Waals surface area contributed by atoms with Gasteiger partial charge in [-0.05, 0) is 60.7 Å². The molecule has 0 bridgehead atoms.